The summed E-state index contributed by atoms with van der Waals surface area (Å²) in [7, 11) is -3.55. The van der Waals surface area contributed by atoms with Crippen LogP contribution in [0.2, 0.25) is 0 Å². The van der Waals surface area contributed by atoms with E-state index in [1.165, 1.54) is 6.07 Å². The van der Waals surface area contributed by atoms with Gasteiger partial charge in [0, 0.05) is 15.9 Å². The summed E-state index contributed by atoms with van der Waals surface area (Å²) in [5, 5.41) is 1.50. The number of ether oxygens (including phenoxy) is 3. The van der Waals surface area contributed by atoms with Crippen LogP contribution in [0.25, 0.3) is 0 Å². The van der Waals surface area contributed by atoms with Crippen molar-refractivity contribution < 1.29 is 27.6 Å². The van der Waals surface area contributed by atoms with E-state index < -0.39 is 13.4 Å². The number of rotatable bonds is 5. The Hall–Kier alpha value is -2.37. The topological polar surface area (TPSA) is 44.8 Å². The van der Waals surface area contributed by atoms with Gasteiger partial charge in [-0.1, -0.05) is 34.4 Å². The summed E-state index contributed by atoms with van der Waals surface area (Å²) in [4.78, 5) is 0. The zero-order valence-corrected chi connectivity index (χ0v) is 21.4. The third-order valence-corrected chi connectivity index (χ3v) is 9.44. The highest BCUT2D eigenvalue weighted by Crippen LogP contribution is 2.55. The first kappa shape index (κ1) is 23.8. The molecular weight excluding hydrogens is 513 g/mol. The summed E-state index contributed by atoms with van der Waals surface area (Å²) in [6.45, 7) is 9.67. The highest BCUT2D eigenvalue weighted by atomic mass is 79.9. The maximum absolute atomic E-state index is 15.2. The molecule has 174 valence electrons. The number of alkyl halides is 2. The summed E-state index contributed by atoms with van der Waals surface area (Å²) in [6, 6.07) is 13.0. The van der Waals surface area contributed by atoms with E-state index in [-0.39, 0.29) is 28.3 Å². The highest BCUT2D eigenvalue weighted by Gasteiger charge is 2.48. The van der Waals surface area contributed by atoms with Crippen LogP contribution in [0, 0.1) is 27.7 Å². The van der Waals surface area contributed by atoms with Crippen molar-refractivity contribution in [1.82, 2.24) is 0 Å². The van der Waals surface area contributed by atoms with Crippen molar-refractivity contribution in [2.75, 3.05) is 6.61 Å². The summed E-state index contributed by atoms with van der Waals surface area (Å²) >= 11 is 3.41. The molecule has 0 radical (unpaired) electrons. The van der Waals surface area contributed by atoms with Crippen LogP contribution in [-0.4, -0.2) is 12.9 Å². The minimum Gasteiger partial charge on any atom is -0.490 e. The second kappa shape index (κ2) is 8.44. The van der Waals surface area contributed by atoms with Crippen LogP contribution in [0.15, 0.2) is 46.9 Å². The summed E-state index contributed by atoms with van der Waals surface area (Å²) < 4.78 is 58.6. The van der Waals surface area contributed by atoms with E-state index in [0.717, 1.165) is 22.3 Å². The number of halogens is 3. The molecule has 0 amide bonds. The summed E-state index contributed by atoms with van der Waals surface area (Å²) in [6.07, 6.45) is -3.85. The average Bonchev–Trinajstić information content (AvgIpc) is 3.04. The lowest BCUT2D eigenvalue weighted by molar-refractivity contribution is -0.287. The predicted octanol–water partition coefficient (Wildman–Crippen LogP) is 6.04. The second-order valence-electron chi connectivity index (χ2n) is 8.27. The van der Waals surface area contributed by atoms with Gasteiger partial charge in [-0.2, -0.15) is 0 Å². The van der Waals surface area contributed by atoms with E-state index in [4.69, 9.17) is 14.2 Å². The van der Waals surface area contributed by atoms with Crippen molar-refractivity contribution >= 4 is 39.0 Å². The van der Waals surface area contributed by atoms with Crippen molar-refractivity contribution in [2.24, 2.45) is 0 Å². The zero-order chi connectivity index (χ0) is 24.1. The maximum Gasteiger partial charge on any atom is 0.586 e. The molecule has 1 heterocycles. The minimum absolute atomic E-state index is 0.0526. The van der Waals surface area contributed by atoms with Crippen LogP contribution >= 0.6 is 23.1 Å². The molecule has 0 saturated carbocycles. The lowest BCUT2D eigenvalue weighted by atomic mass is 10.2. The molecule has 0 saturated heterocycles. The molecule has 4 nitrogen and oxygen atoms in total. The Morgan fingerprint density at radius 1 is 0.848 bits per heavy atom. The molecule has 0 atom stereocenters. The van der Waals surface area contributed by atoms with Gasteiger partial charge in [0.2, 0.25) is 5.75 Å². The SMILES string of the molecule is CCOc1cc(P(=O)(c2cc(C)cc(C)c2)c2cc(C)cc(C)c2)c(Br)c2c1OC(F)(F)O2. The third kappa shape index (κ3) is 4.29. The number of fused-ring (bicyclic) bond motifs is 1. The molecule has 0 fully saturated rings. The number of aryl methyl sites for hydroxylation is 4. The van der Waals surface area contributed by atoms with Crippen LogP contribution < -0.4 is 30.1 Å². The highest BCUT2D eigenvalue weighted by molar-refractivity contribution is 9.10. The first-order valence-electron chi connectivity index (χ1n) is 10.5. The molecule has 4 rings (SSSR count). The molecule has 0 spiro atoms. The molecule has 33 heavy (non-hydrogen) atoms. The number of benzene rings is 3. The monoisotopic (exact) mass is 536 g/mol. The molecule has 0 unspecified atom stereocenters. The van der Waals surface area contributed by atoms with Gasteiger partial charge in [0.05, 0.1) is 11.1 Å². The lowest BCUT2D eigenvalue weighted by Gasteiger charge is -2.24. The smallest absolute Gasteiger partial charge is 0.490 e. The van der Waals surface area contributed by atoms with Gasteiger partial charge in [-0.3, -0.25) is 0 Å². The predicted molar refractivity (Wildman–Crippen MR) is 130 cm³/mol. The molecule has 0 N–H and O–H groups in total. The summed E-state index contributed by atoms with van der Waals surface area (Å²) in [5.74, 6) is -0.392. The standard InChI is InChI=1S/C25H24BrF2O4P/c1-6-30-20-13-21(22(26)24-23(20)31-25(27,28)32-24)33(29,18-9-14(2)7-15(3)10-18)19-11-16(4)8-17(5)12-19/h7-13H,6H2,1-5H3. The Bertz CT molecular complexity index is 1210. The molecule has 0 bridgehead atoms. The van der Waals surface area contributed by atoms with E-state index in [1.54, 1.807) is 6.92 Å². The van der Waals surface area contributed by atoms with Crippen molar-refractivity contribution in [3.8, 4) is 17.2 Å². The maximum atomic E-state index is 15.2. The Labute approximate surface area is 200 Å². The Balaban J connectivity index is 2.10. The van der Waals surface area contributed by atoms with E-state index >= 15 is 4.57 Å². The number of hydrogen-bond donors (Lipinski definition) is 0. The van der Waals surface area contributed by atoms with Gasteiger partial charge in [-0.15, -0.1) is 8.78 Å². The Kier molecular flexibility index (Phi) is 6.08. The van der Waals surface area contributed by atoms with E-state index in [1.807, 2.05) is 64.1 Å². The van der Waals surface area contributed by atoms with Crippen LogP contribution in [0.4, 0.5) is 8.78 Å². The first-order valence-corrected chi connectivity index (χ1v) is 13.0. The van der Waals surface area contributed by atoms with Gasteiger partial charge in [-0.05, 0) is 80.9 Å². The van der Waals surface area contributed by atoms with E-state index in [2.05, 4.69) is 15.9 Å². The molecule has 0 aliphatic carbocycles. The van der Waals surface area contributed by atoms with Crippen molar-refractivity contribution in [2.45, 2.75) is 40.9 Å². The van der Waals surface area contributed by atoms with E-state index in [0.29, 0.717) is 15.9 Å². The van der Waals surface area contributed by atoms with Gasteiger partial charge in [-0.25, -0.2) is 0 Å². The van der Waals surface area contributed by atoms with Gasteiger partial charge in [0.1, 0.15) is 0 Å². The number of hydrogen-bond acceptors (Lipinski definition) is 4. The summed E-state index contributed by atoms with van der Waals surface area (Å²) in [5.41, 5.74) is 3.79. The molecule has 0 aromatic heterocycles. The van der Waals surface area contributed by atoms with Crippen LogP contribution in [0.3, 0.4) is 0 Å². The van der Waals surface area contributed by atoms with Crippen molar-refractivity contribution in [3.05, 3.63) is 69.2 Å². The normalized spacial score (nSPS) is 14.4. The second-order valence-corrected chi connectivity index (χ2v) is 11.8. The fraction of sp³-hybridized carbons (Fsp3) is 0.280. The zero-order valence-electron chi connectivity index (χ0n) is 19.0. The molecule has 8 heteroatoms. The lowest BCUT2D eigenvalue weighted by Crippen LogP contribution is -2.27. The molecule has 1 aliphatic rings. The molecule has 1 aliphatic heterocycles. The van der Waals surface area contributed by atoms with Crippen LogP contribution in [0.5, 0.6) is 17.2 Å². The molecular formula is C25H24BrF2O4P. The van der Waals surface area contributed by atoms with Gasteiger partial charge < -0.3 is 18.8 Å². The third-order valence-electron chi connectivity index (χ3n) is 5.34. The fourth-order valence-corrected chi connectivity index (χ4v) is 8.41. The first-order chi connectivity index (χ1) is 15.4. The Morgan fingerprint density at radius 3 is 1.76 bits per heavy atom. The average molecular weight is 537 g/mol. The van der Waals surface area contributed by atoms with Gasteiger partial charge >= 0.3 is 6.29 Å². The van der Waals surface area contributed by atoms with Crippen molar-refractivity contribution in [3.63, 3.8) is 0 Å². The van der Waals surface area contributed by atoms with Gasteiger partial charge in [0.15, 0.2) is 18.6 Å². The Morgan fingerprint density at radius 2 is 1.30 bits per heavy atom. The van der Waals surface area contributed by atoms with E-state index in [9.17, 15) is 8.78 Å². The fourth-order valence-electron chi connectivity index (χ4n) is 4.21. The van der Waals surface area contributed by atoms with Crippen molar-refractivity contribution in [1.29, 1.82) is 0 Å². The largest absolute Gasteiger partial charge is 0.586 e. The molecule has 3 aromatic carbocycles. The van der Waals surface area contributed by atoms with Gasteiger partial charge in [0.25, 0.3) is 0 Å². The van der Waals surface area contributed by atoms with Crippen LogP contribution in [-0.2, 0) is 4.57 Å². The molecule has 3 aromatic rings. The minimum atomic E-state index is -3.85. The van der Waals surface area contributed by atoms with Crippen LogP contribution in [0.1, 0.15) is 29.2 Å². The quantitative estimate of drug-likeness (QED) is 0.373.